The fraction of sp³-hybridized carbons (Fsp3) is 0.400. The van der Waals surface area contributed by atoms with Crippen LogP contribution in [0.25, 0.3) is 0 Å². The number of rotatable bonds is 6. The van der Waals surface area contributed by atoms with E-state index in [1.807, 2.05) is 28.8 Å². The number of carbonyl (C=O) groups excluding carboxylic acids is 2. The van der Waals surface area contributed by atoms with Crippen LogP contribution in [0.3, 0.4) is 0 Å². The Morgan fingerprint density at radius 1 is 1.27 bits per heavy atom. The van der Waals surface area contributed by atoms with E-state index >= 15 is 0 Å². The van der Waals surface area contributed by atoms with Gasteiger partial charge < -0.3 is 9.30 Å². The smallest absolute Gasteiger partial charge is 0.314 e. The van der Waals surface area contributed by atoms with Gasteiger partial charge in [0.1, 0.15) is 5.69 Å². The third kappa shape index (κ3) is 3.26. The Morgan fingerprint density at radius 3 is 2.54 bits per heavy atom. The Morgan fingerprint density at radius 2 is 1.96 bits per heavy atom. The van der Waals surface area contributed by atoms with Crippen LogP contribution in [0.2, 0.25) is 0 Å². The van der Waals surface area contributed by atoms with Crippen molar-refractivity contribution in [1.29, 1.82) is 0 Å². The second-order valence-corrected chi connectivity index (χ2v) is 7.88. The Labute approximate surface area is 155 Å². The zero-order valence-electron chi connectivity index (χ0n) is 15.3. The van der Waals surface area contributed by atoms with E-state index in [1.165, 1.54) is 12.7 Å². The van der Waals surface area contributed by atoms with Gasteiger partial charge in [0.05, 0.1) is 28.7 Å². The van der Waals surface area contributed by atoms with Crippen molar-refractivity contribution < 1.29 is 18.5 Å². The molecule has 5 nitrogen and oxygen atoms in total. The molecule has 2 unspecified atom stereocenters. The maximum atomic E-state index is 13.1. The number of methoxy groups -OCH3 is 1. The Bertz CT molecular complexity index is 867. The van der Waals surface area contributed by atoms with Crippen LogP contribution in [-0.4, -0.2) is 33.9 Å². The summed E-state index contributed by atoms with van der Waals surface area (Å²) in [5.41, 5.74) is 2.90. The lowest BCUT2D eigenvalue weighted by Crippen LogP contribution is -2.12. The number of ether oxygens (including phenoxy) is 1. The zero-order valence-corrected chi connectivity index (χ0v) is 16.1. The van der Waals surface area contributed by atoms with Crippen LogP contribution < -0.4 is 0 Å². The van der Waals surface area contributed by atoms with Gasteiger partial charge in [-0.2, -0.15) is 0 Å². The summed E-state index contributed by atoms with van der Waals surface area (Å²) in [5, 5.41) is 0. The number of fused-ring (bicyclic) bond motifs is 1. The minimum atomic E-state index is -1.32. The first-order valence-corrected chi connectivity index (χ1v) is 10.3. The molecular formula is C20H23NO4S. The number of nitrogens with zero attached hydrogens (tertiary/aromatic N) is 1. The van der Waals surface area contributed by atoms with E-state index in [-0.39, 0.29) is 11.8 Å². The van der Waals surface area contributed by atoms with Crippen LogP contribution in [0, 0.1) is 0 Å². The number of aromatic nitrogens is 1. The van der Waals surface area contributed by atoms with Crippen molar-refractivity contribution in [3.8, 4) is 0 Å². The first kappa shape index (κ1) is 18.6. The summed E-state index contributed by atoms with van der Waals surface area (Å²) in [4.78, 5) is 25.6. The predicted octanol–water partition coefficient (Wildman–Crippen LogP) is 3.07. The molecule has 0 spiro atoms. The average Bonchev–Trinajstić information content (AvgIpc) is 3.20. The van der Waals surface area contributed by atoms with E-state index < -0.39 is 16.7 Å². The number of benzene rings is 1. The molecule has 1 aromatic carbocycles. The lowest BCUT2D eigenvalue weighted by molar-refractivity contribution is -0.142. The number of hydrogen-bond donors (Lipinski definition) is 0. The lowest BCUT2D eigenvalue weighted by atomic mass is 10.0. The van der Waals surface area contributed by atoms with Gasteiger partial charge in [0, 0.05) is 24.1 Å². The van der Waals surface area contributed by atoms with Crippen molar-refractivity contribution in [2.24, 2.45) is 0 Å². The summed E-state index contributed by atoms with van der Waals surface area (Å²) in [6, 6.07) is 9.29. The van der Waals surface area contributed by atoms with Gasteiger partial charge in [0.2, 0.25) is 5.78 Å². The van der Waals surface area contributed by atoms with Crippen molar-refractivity contribution in [3.05, 3.63) is 52.8 Å². The van der Waals surface area contributed by atoms with Gasteiger partial charge in [-0.15, -0.1) is 0 Å². The highest BCUT2D eigenvalue weighted by atomic mass is 32.2. The second kappa shape index (κ2) is 7.58. The average molecular weight is 373 g/mol. The molecule has 3 rings (SSSR count). The van der Waals surface area contributed by atoms with Gasteiger partial charge in [0.25, 0.3) is 0 Å². The quantitative estimate of drug-likeness (QED) is 0.577. The molecule has 0 saturated heterocycles. The summed E-state index contributed by atoms with van der Waals surface area (Å²) in [7, 11) is 0.0345. The van der Waals surface area contributed by atoms with Crippen molar-refractivity contribution in [2.75, 3.05) is 13.4 Å². The summed E-state index contributed by atoms with van der Waals surface area (Å²) in [6.07, 6.45) is 4.17. The largest absolute Gasteiger partial charge is 0.469 e. The number of esters is 1. The van der Waals surface area contributed by atoms with E-state index in [1.54, 1.807) is 12.3 Å². The number of ketones is 1. The van der Waals surface area contributed by atoms with Crippen molar-refractivity contribution >= 4 is 22.6 Å². The molecule has 0 amide bonds. The fourth-order valence-corrected chi connectivity index (χ4v) is 4.32. The molecule has 0 radical (unpaired) electrons. The molecule has 0 N–H and O–H groups in total. The molecule has 1 aliphatic rings. The minimum absolute atomic E-state index is 0.157. The molecule has 138 valence electrons. The van der Waals surface area contributed by atoms with Gasteiger partial charge in [-0.25, -0.2) is 0 Å². The normalized spacial score (nSPS) is 17.0. The Balaban J connectivity index is 2.03. The summed E-state index contributed by atoms with van der Waals surface area (Å²) in [6.45, 7) is 2.66. The molecule has 1 aliphatic heterocycles. The van der Waals surface area contributed by atoms with Crippen LogP contribution in [-0.2, 0) is 33.3 Å². The van der Waals surface area contributed by atoms with Crippen LogP contribution >= 0.6 is 0 Å². The Kier molecular flexibility index (Phi) is 5.41. The van der Waals surface area contributed by atoms with E-state index in [0.29, 0.717) is 34.8 Å². The molecule has 2 atom stereocenters. The third-order valence-corrected chi connectivity index (χ3v) is 5.79. The first-order valence-electron chi connectivity index (χ1n) is 8.76. The molecule has 0 saturated carbocycles. The van der Waals surface area contributed by atoms with Crippen molar-refractivity contribution in [1.82, 2.24) is 4.57 Å². The van der Waals surface area contributed by atoms with Gasteiger partial charge >= 0.3 is 5.97 Å². The van der Waals surface area contributed by atoms with Gasteiger partial charge in [0.15, 0.2) is 0 Å². The topological polar surface area (TPSA) is 65.4 Å². The standard InChI is InChI=1S/C20H23NO4S/c1-4-5-13-6-8-14(9-7-13)19(22)18-17(26(3)24)12-16-15(20(23)25-2)10-11-21(16)18/h6-9,12,15H,4-5,10-11H2,1-3H3. The first-order chi connectivity index (χ1) is 12.5. The van der Waals surface area contributed by atoms with E-state index in [2.05, 4.69) is 6.92 Å². The van der Waals surface area contributed by atoms with Gasteiger partial charge in [-0.05, 0) is 24.5 Å². The van der Waals surface area contributed by atoms with E-state index in [0.717, 1.165) is 12.8 Å². The summed E-state index contributed by atoms with van der Waals surface area (Å²) < 4.78 is 18.9. The summed E-state index contributed by atoms with van der Waals surface area (Å²) >= 11 is 0. The molecule has 0 bridgehead atoms. The monoisotopic (exact) mass is 373 g/mol. The van der Waals surface area contributed by atoms with Crippen LogP contribution in [0.1, 0.15) is 53.0 Å². The second-order valence-electron chi connectivity index (χ2n) is 6.53. The van der Waals surface area contributed by atoms with E-state index in [9.17, 15) is 13.8 Å². The summed E-state index contributed by atoms with van der Waals surface area (Å²) in [5.74, 6) is -0.886. The van der Waals surface area contributed by atoms with Crippen LogP contribution in [0.15, 0.2) is 35.2 Å². The van der Waals surface area contributed by atoms with Gasteiger partial charge in [-0.1, -0.05) is 37.6 Å². The molecular weight excluding hydrogens is 350 g/mol. The molecule has 6 heteroatoms. The predicted molar refractivity (Wildman–Crippen MR) is 100 cm³/mol. The SMILES string of the molecule is CCCc1ccc(C(=O)c2c(S(C)=O)cc3n2CCC3C(=O)OC)cc1. The number of aryl methyl sites for hydroxylation is 1. The van der Waals surface area contributed by atoms with Crippen LogP contribution in [0.4, 0.5) is 0 Å². The fourth-order valence-electron chi connectivity index (χ4n) is 3.56. The highest BCUT2D eigenvalue weighted by Crippen LogP contribution is 2.35. The van der Waals surface area contributed by atoms with Crippen molar-refractivity contribution in [2.45, 2.75) is 43.5 Å². The lowest BCUT2D eigenvalue weighted by Gasteiger charge is -2.08. The van der Waals surface area contributed by atoms with Crippen LogP contribution in [0.5, 0.6) is 0 Å². The van der Waals surface area contributed by atoms with E-state index in [4.69, 9.17) is 4.74 Å². The molecule has 2 aromatic rings. The molecule has 0 aliphatic carbocycles. The molecule has 0 fully saturated rings. The Hall–Kier alpha value is -2.21. The highest BCUT2D eigenvalue weighted by Gasteiger charge is 2.35. The van der Waals surface area contributed by atoms with Crippen molar-refractivity contribution in [3.63, 3.8) is 0 Å². The van der Waals surface area contributed by atoms with Gasteiger partial charge in [-0.3, -0.25) is 13.8 Å². The zero-order chi connectivity index (χ0) is 18.8. The third-order valence-electron chi connectivity index (χ3n) is 4.86. The molecule has 26 heavy (non-hydrogen) atoms. The highest BCUT2D eigenvalue weighted by molar-refractivity contribution is 7.84. The maximum Gasteiger partial charge on any atom is 0.314 e. The maximum absolute atomic E-state index is 13.1. The molecule has 1 aromatic heterocycles. The number of carbonyl (C=O) groups is 2. The number of hydrogen-bond acceptors (Lipinski definition) is 4. The minimum Gasteiger partial charge on any atom is -0.469 e. The molecule has 2 heterocycles.